The zero-order chi connectivity index (χ0) is 10.1. The predicted molar refractivity (Wildman–Crippen MR) is 48.7 cm³/mol. The number of aromatic carboxylic acids is 1. The number of carboxylic acids is 1. The molecule has 5 heteroatoms. The van der Waals surface area contributed by atoms with E-state index < -0.39 is 5.97 Å². The minimum absolute atomic E-state index is 0.0314. The molecule has 2 rings (SSSR count). The van der Waals surface area contributed by atoms with E-state index in [2.05, 4.69) is 4.98 Å². The van der Waals surface area contributed by atoms with Gasteiger partial charge in [-0.25, -0.2) is 9.78 Å². The van der Waals surface area contributed by atoms with Crippen molar-refractivity contribution in [2.24, 2.45) is 0 Å². The molecule has 0 fully saturated rings. The summed E-state index contributed by atoms with van der Waals surface area (Å²) in [6, 6.07) is 5.14. The van der Waals surface area contributed by atoms with Crippen LogP contribution in [0.5, 0.6) is 5.88 Å². The predicted octanol–water partition coefficient (Wildman–Crippen LogP) is 1.04. The number of rotatable bonds is 2. The van der Waals surface area contributed by atoms with Gasteiger partial charge in [0.15, 0.2) is 11.6 Å². The molecule has 0 aromatic carbocycles. The molecule has 14 heavy (non-hydrogen) atoms. The average Bonchev–Trinajstić information content (AvgIpc) is 2.60. The minimum atomic E-state index is -1.04. The molecule has 0 aliphatic carbocycles. The van der Waals surface area contributed by atoms with Crippen LogP contribution < -0.4 is 4.74 Å². The van der Waals surface area contributed by atoms with Crippen molar-refractivity contribution in [3.8, 4) is 5.88 Å². The second kappa shape index (κ2) is 3.02. The van der Waals surface area contributed by atoms with Gasteiger partial charge in [-0.1, -0.05) is 6.07 Å². The van der Waals surface area contributed by atoms with Crippen LogP contribution in [0, 0.1) is 0 Å². The fraction of sp³-hybridized carbons (Fsp3) is 0.111. The zero-order valence-electron chi connectivity index (χ0n) is 7.47. The van der Waals surface area contributed by atoms with Crippen LogP contribution in [0.15, 0.2) is 24.5 Å². The summed E-state index contributed by atoms with van der Waals surface area (Å²) in [5.41, 5.74) is 0.556. The second-order valence-corrected chi connectivity index (χ2v) is 2.72. The number of ether oxygens (including phenoxy) is 1. The van der Waals surface area contributed by atoms with Crippen molar-refractivity contribution in [1.29, 1.82) is 0 Å². The van der Waals surface area contributed by atoms with Crippen molar-refractivity contribution < 1.29 is 14.6 Å². The lowest BCUT2D eigenvalue weighted by Gasteiger charge is -2.02. The number of hydrogen-bond acceptors (Lipinski definition) is 3. The summed E-state index contributed by atoms with van der Waals surface area (Å²) in [4.78, 5) is 14.5. The fourth-order valence-electron chi connectivity index (χ4n) is 1.33. The smallest absolute Gasteiger partial charge is 0.356 e. The first kappa shape index (κ1) is 8.55. The highest BCUT2D eigenvalue weighted by molar-refractivity contribution is 5.93. The Morgan fingerprint density at radius 2 is 2.36 bits per heavy atom. The summed E-state index contributed by atoms with van der Waals surface area (Å²) in [7, 11) is 1.52. The summed E-state index contributed by atoms with van der Waals surface area (Å²) in [6.07, 6.45) is 1.43. The molecule has 2 aromatic rings. The number of aromatic nitrogens is 2. The zero-order valence-corrected chi connectivity index (χ0v) is 7.47. The van der Waals surface area contributed by atoms with Gasteiger partial charge in [-0.05, 0) is 12.1 Å². The lowest BCUT2D eigenvalue weighted by molar-refractivity contribution is 0.0693. The highest BCUT2D eigenvalue weighted by atomic mass is 16.5. The summed E-state index contributed by atoms with van der Waals surface area (Å²) in [6.45, 7) is 0. The Balaban J connectivity index is 2.75. The molecule has 72 valence electrons. The summed E-state index contributed by atoms with van der Waals surface area (Å²) < 4.78 is 6.64. The van der Waals surface area contributed by atoms with Gasteiger partial charge in [0.1, 0.15) is 6.33 Å². The van der Waals surface area contributed by atoms with Crippen molar-refractivity contribution in [3.05, 3.63) is 30.2 Å². The number of nitrogens with zero attached hydrogens (tertiary/aromatic N) is 2. The molecule has 0 radical (unpaired) electrons. The first-order valence-corrected chi connectivity index (χ1v) is 3.97. The van der Waals surface area contributed by atoms with Gasteiger partial charge in [0.25, 0.3) is 0 Å². The van der Waals surface area contributed by atoms with E-state index >= 15 is 0 Å². The molecule has 0 spiro atoms. The maximum Gasteiger partial charge on any atom is 0.356 e. The van der Waals surface area contributed by atoms with Gasteiger partial charge in [-0.3, -0.25) is 4.40 Å². The number of imidazole rings is 1. The van der Waals surface area contributed by atoms with Gasteiger partial charge in [0.2, 0.25) is 0 Å². The third kappa shape index (κ3) is 1.10. The minimum Gasteiger partial charge on any atom is -0.482 e. The van der Waals surface area contributed by atoms with E-state index in [1.54, 1.807) is 22.6 Å². The van der Waals surface area contributed by atoms with E-state index in [9.17, 15) is 4.79 Å². The standard InChI is InChI=1S/C9H8N2O3/c1-14-7-4-2-3-6-8(9(12)13)10-5-11(6)7/h2-5H,1H3,(H,12,13). The van der Waals surface area contributed by atoms with E-state index in [0.717, 1.165) is 0 Å². The second-order valence-electron chi connectivity index (χ2n) is 2.72. The molecule has 0 atom stereocenters. The maximum atomic E-state index is 10.8. The lowest BCUT2D eigenvalue weighted by atomic mass is 10.3. The average molecular weight is 192 g/mol. The third-order valence-corrected chi connectivity index (χ3v) is 1.95. The highest BCUT2D eigenvalue weighted by Crippen LogP contribution is 2.16. The summed E-state index contributed by atoms with van der Waals surface area (Å²) >= 11 is 0. The Morgan fingerprint density at radius 1 is 1.57 bits per heavy atom. The first-order chi connectivity index (χ1) is 6.74. The Labute approximate surface area is 79.6 Å². The van der Waals surface area contributed by atoms with E-state index in [4.69, 9.17) is 9.84 Å². The molecule has 0 unspecified atom stereocenters. The number of carbonyl (C=O) groups is 1. The van der Waals surface area contributed by atoms with Crippen LogP contribution in [0.25, 0.3) is 5.52 Å². The van der Waals surface area contributed by atoms with Crippen molar-refractivity contribution >= 4 is 11.5 Å². The molecule has 0 saturated heterocycles. The molecule has 2 heterocycles. The molecule has 0 saturated carbocycles. The number of pyridine rings is 1. The summed E-state index contributed by atoms with van der Waals surface area (Å²) in [5, 5.41) is 8.82. The van der Waals surface area contributed by atoms with Crippen LogP contribution in [0.1, 0.15) is 10.5 Å². The van der Waals surface area contributed by atoms with E-state index in [-0.39, 0.29) is 5.69 Å². The quantitative estimate of drug-likeness (QED) is 0.772. The molecule has 5 nitrogen and oxygen atoms in total. The van der Waals surface area contributed by atoms with Crippen molar-refractivity contribution in [3.63, 3.8) is 0 Å². The number of hydrogen-bond donors (Lipinski definition) is 1. The Hall–Kier alpha value is -2.04. The SMILES string of the molecule is COc1cccc2c(C(=O)O)ncn12. The van der Waals surface area contributed by atoms with Gasteiger partial charge >= 0.3 is 5.97 Å². The van der Waals surface area contributed by atoms with Crippen LogP contribution >= 0.6 is 0 Å². The highest BCUT2D eigenvalue weighted by Gasteiger charge is 2.12. The van der Waals surface area contributed by atoms with Gasteiger partial charge < -0.3 is 9.84 Å². The van der Waals surface area contributed by atoms with Crippen LogP contribution in [0.3, 0.4) is 0 Å². The molecule has 1 N–H and O–H groups in total. The normalized spacial score (nSPS) is 10.4. The van der Waals surface area contributed by atoms with E-state index in [0.29, 0.717) is 11.4 Å². The van der Waals surface area contributed by atoms with Crippen LogP contribution in [-0.4, -0.2) is 27.6 Å². The first-order valence-electron chi connectivity index (χ1n) is 3.97. The molecule has 2 aromatic heterocycles. The van der Waals surface area contributed by atoms with Gasteiger partial charge in [0, 0.05) is 0 Å². The van der Waals surface area contributed by atoms with Crippen molar-refractivity contribution in [1.82, 2.24) is 9.38 Å². The summed E-state index contributed by atoms with van der Waals surface area (Å²) in [5.74, 6) is -0.483. The van der Waals surface area contributed by atoms with Crippen LogP contribution in [0.4, 0.5) is 0 Å². The molecular formula is C9H8N2O3. The number of methoxy groups -OCH3 is 1. The van der Waals surface area contributed by atoms with E-state index in [1.807, 2.05) is 0 Å². The molecule has 0 bridgehead atoms. The number of carboxylic acid groups (broad SMARTS) is 1. The van der Waals surface area contributed by atoms with Crippen molar-refractivity contribution in [2.45, 2.75) is 0 Å². The molecule has 0 aliphatic rings. The molecule has 0 aliphatic heterocycles. The van der Waals surface area contributed by atoms with Crippen LogP contribution in [-0.2, 0) is 0 Å². The number of fused-ring (bicyclic) bond motifs is 1. The fourth-order valence-corrected chi connectivity index (χ4v) is 1.33. The lowest BCUT2D eigenvalue weighted by Crippen LogP contribution is -1.98. The van der Waals surface area contributed by atoms with Gasteiger partial charge in [-0.15, -0.1) is 0 Å². The molecular weight excluding hydrogens is 184 g/mol. The topological polar surface area (TPSA) is 63.8 Å². The van der Waals surface area contributed by atoms with E-state index in [1.165, 1.54) is 13.4 Å². The molecule has 0 amide bonds. The largest absolute Gasteiger partial charge is 0.482 e. The Bertz CT molecular complexity index is 490. The van der Waals surface area contributed by atoms with Gasteiger partial charge in [-0.2, -0.15) is 0 Å². The third-order valence-electron chi connectivity index (χ3n) is 1.95. The maximum absolute atomic E-state index is 10.8. The van der Waals surface area contributed by atoms with Crippen molar-refractivity contribution in [2.75, 3.05) is 7.11 Å². The monoisotopic (exact) mass is 192 g/mol. The Kier molecular flexibility index (Phi) is 1.85. The van der Waals surface area contributed by atoms with Crippen LogP contribution in [0.2, 0.25) is 0 Å². The Morgan fingerprint density at radius 3 is 3.00 bits per heavy atom. The van der Waals surface area contributed by atoms with Gasteiger partial charge in [0.05, 0.1) is 12.6 Å².